The molecule has 1 fully saturated rings. The van der Waals surface area contributed by atoms with Crippen LogP contribution in [-0.4, -0.2) is 0 Å². The SMILES string of the molecule is CC1(C)c2ccccc2-c2ccc(N(c3ccccc3)c3ccc(C4(c5ccc6c(c5)C(c5ccccc5)(c5ccccc5)c5ccccc5-6)c5ccccc5C5CCCCC54)cc3)cc21. The van der Waals surface area contributed by atoms with Crippen molar-refractivity contribution in [2.24, 2.45) is 5.92 Å². The van der Waals surface area contributed by atoms with Crippen LogP contribution in [0, 0.1) is 5.92 Å². The fraction of sp³-hybridized carbons (Fsp3) is 0.169. The van der Waals surface area contributed by atoms with Gasteiger partial charge in [0.25, 0.3) is 0 Å². The van der Waals surface area contributed by atoms with E-state index in [1.165, 1.54) is 104 Å². The van der Waals surface area contributed by atoms with Crippen LogP contribution in [0.1, 0.15) is 101 Å². The third-order valence-electron chi connectivity index (χ3n) is 16.4. The minimum Gasteiger partial charge on any atom is -0.310 e. The molecule has 0 N–H and O–H groups in total. The summed E-state index contributed by atoms with van der Waals surface area (Å²) in [7, 11) is 0. The van der Waals surface area contributed by atoms with Gasteiger partial charge >= 0.3 is 0 Å². The third-order valence-corrected chi connectivity index (χ3v) is 16.4. The van der Waals surface area contributed by atoms with Crippen LogP contribution in [0.5, 0.6) is 0 Å². The molecule has 0 radical (unpaired) electrons. The summed E-state index contributed by atoms with van der Waals surface area (Å²) in [5, 5.41) is 0. The van der Waals surface area contributed by atoms with Crippen molar-refractivity contribution >= 4 is 17.1 Å². The molecule has 13 rings (SSSR count). The molecule has 0 aliphatic heterocycles. The summed E-state index contributed by atoms with van der Waals surface area (Å²) < 4.78 is 0. The Morgan fingerprint density at radius 3 is 1.58 bits per heavy atom. The summed E-state index contributed by atoms with van der Waals surface area (Å²) >= 11 is 0. The number of nitrogens with zero attached hydrogens (tertiary/aromatic N) is 1. The molecule has 9 aromatic rings. The molecular weight excluding hydrogens is 795 g/mol. The number of rotatable bonds is 7. The van der Waals surface area contributed by atoms with Crippen LogP contribution in [0.25, 0.3) is 22.3 Å². The van der Waals surface area contributed by atoms with Crippen molar-refractivity contribution in [1.82, 2.24) is 0 Å². The molecule has 3 atom stereocenters. The Hall–Kier alpha value is -7.22. The van der Waals surface area contributed by atoms with Gasteiger partial charge in [-0.1, -0.05) is 215 Å². The van der Waals surface area contributed by atoms with Gasteiger partial charge in [0.1, 0.15) is 0 Å². The first-order valence-corrected chi connectivity index (χ1v) is 24.2. The summed E-state index contributed by atoms with van der Waals surface area (Å²) in [6, 6.07) is 85.8. The van der Waals surface area contributed by atoms with Gasteiger partial charge in [-0.25, -0.2) is 0 Å². The van der Waals surface area contributed by atoms with Crippen molar-refractivity contribution < 1.29 is 0 Å². The maximum atomic E-state index is 2.66. The summed E-state index contributed by atoms with van der Waals surface area (Å²) in [6.45, 7) is 4.75. The van der Waals surface area contributed by atoms with Crippen molar-refractivity contribution in [3.8, 4) is 22.3 Å². The lowest BCUT2D eigenvalue weighted by atomic mass is 9.60. The van der Waals surface area contributed by atoms with Gasteiger partial charge in [0, 0.05) is 27.9 Å². The lowest BCUT2D eigenvalue weighted by molar-refractivity contribution is 0.262. The first-order valence-electron chi connectivity index (χ1n) is 24.2. The largest absolute Gasteiger partial charge is 0.310 e. The van der Waals surface area contributed by atoms with E-state index in [0.29, 0.717) is 11.8 Å². The van der Waals surface area contributed by atoms with Crippen LogP contribution in [0.2, 0.25) is 0 Å². The maximum Gasteiger partial charge on any atom is 0.0713 e. The smallest absolute Gasteiger partial charge is 0.0713 e. The predicted octanol–water partition coefficient (Wildman–Crippen LogP) is 16.4. The summed E-state index contributed by atoms with van der Waals surface area (Å²) in [5.41, 5.74) is 21.9. The number of hydrogen-bond acceptors (Lipinski definition) is 1. The molecule has 0 aromatic heterocycles. The summed E-state index contributed by atoms with van der Waals surface area (Å²) in [6.07, 6.45) is 4.97. The highest BCUT2D eigenvalue weighted by atomic mass is 15.1. The van der Waals surface area contributed by atoms with Crippen LogP contribution >= 0.6 is 0 Å². The van der Waals surface area contributed by atoms with Crippen molar-refractivity contribution in [3.63, 3.8) is 0 Å². The minimum atomic E-state index is -0.471. The van der Waals surface area contributed by atoms with Gasteiger partial charge in [-0.05, 0) is 139 Å². The molecule has 0 amide bonds. The molecule has 9 aromatic carbocycles. The second kappa shape index (κ2) is 14.9. The average molecular weight is 848 g/mol. The zero-order valence-corrected chi connectivity index (χ0v) is 37.8. The molecule has 66 heavy (non-hydrogen) atoms. The highest BCUT2D eigenvalue weighted by Gasteiger charge is 2.55. The van der Waals surface area contributed by atoms with E-state index >= 15 is 0 Å². The number of hydrogen-bond donors (Lipinski definition) is 0. The highest BCUT2D eigenvalue weighted by Crippen LogP contribution is 2.64. The third kappa shape index (κ3) is 5.41. The molecule has 4 aliphatic carbocycles. The topological polar surface area (TPSA) is 3.24 Å². The van der Waals surface area contributed by atoms with E-state index in [2.05, 4.69) is 243 Å². The normalized spacial score (nSPS) is 20.0. The van der Waals surface area contributed by atoms with Crippen LogP contribution in [0.4, 0.5) is 17.1 Å². The van der Waals surface area contributed by atoms with Gasteiger partial charge in [0.2, 0.25) is 0 Å². The molecule has 1 saturated carbocycles. The van der Waals surface area contributed by atoms with Gasteiger partial charge in [0.05, 0.1) is 5.41 Å². The first-order chi connectivity index (χ1) is 32.5. The van der Waals surface area contributed by atoms with E-state index in [9.17, 15) is 0 Å². The maximum absolute atomic E-state index is 2.66. The monoisotopic (exact) mass is 847 g/mol. The zero-order valence-electron chi connectivity index (χ0n) is 37.8. The lowest BCUT2D eigenvalue weighted by Gasteiger charge is -2.43. The van der Waals surface area contributed by atoms with E-state index in [-0.39, 0.29) is 10.8 Å². The Kier molecular flexibility index (Phi) is 8.85. The lowest BCUT2D eigenvalue weighted by Crippen LogP contribution is -2.37. The number of benzene rings is 9. The highest BCUT2D eigenvalue weighted by molar-refractivity contribution is 5.88. The predicted molar refractivity (Wildman–Crippen MR) is 273 cm³/mol. The summed E-state index contributed by atoms with van der Waals surface area (Å²) in [5.74, 6) is 0.942. The van der Waals surface area contributed by atoms with Crippen LogP contribution in [0.3, 0.4) is 0 Å². The van der Waals surface area contributed by atoms with Crippen molar-refractivity contribution in [2.45, 2.75) is 61.7 Å². The molecule has 3 unspecified atom stereocenters. The molecule has 0 spiro atoms. The van der Waals surface area contributed by atoms with Gasteiger partial charge in [-0.3, -0.25) is 0 Å². The second-order valence-corrected chi connectivity index (χ2v) is 19.8. The Morgan fingerprint density at radius 2 is 0.864 bits per heavy atom. The van der Waals surface area contributed by atoms with Crippen molar-refractivity contribution in [1.29, 1.82) is 0 Å². The fourth-order valence-electron chi connectivity index (χ4n) is 13.7. The van der Waals surface area contributed by atoms with E-state index in [1.54, 1.807) is 5.56 Å². The molecule has 0 saturated heterocycles. The van der Waals surface area contributed by atoms with Gasteiger partial charge in [-0.2, -0.15) is 0 Å². The average Bonchev–Trinajstić information content (AvgIpc) is 3.94. The Bertz CT molecular complexity index is 3250. The molecule has 0 bridgehead atoms. The number of anilines is 3. The quantitative estimate of drug-likeness (QED) is 0.154. The fourth-order valence-corrected chi connectivity index (χ4v) is 13.7. The molecule has 0 heterocycles. The van der Waals surface area contributed by atoms with E-state index in [0.717, 1.165) is 11.4 Å². The van der Waals surface area contributed by atoms with Crippen LogP contribution < -0.4 is 4.90 Å². The minimum absolute atomic E-state index is 0.0945. The number of para-hydroxylation sites is 1. The van der Waals surface area contributed by atoms with Gasteiger partial charge in [-0.15, -0.1) is 0 Å². The molecule has 1 heteroatoms. The van der Waals surface area contributed by atoms with E-state index in [4.69, 9.17) is 0 Å². The number of fused-ring (bicyclic) bond motifs is 9. The Morgan fingerprint density at radius 1 is 0.364 bits per heavy atom. The van der Waals surface area contributed by atoms with Gasteiger partial charge < -0.3 is 4.90 Å². The Balaban J connectivity index is 1.03. The van der Waals surface area contributed by atoms with Crippen molar-refractivity contribution in [3.05, 3.63) is 280 Å². The van der Waals surface area contributed by atoms with Gasteiger partial charge in [0.15, 0.2) is 0 Å². The molecular formula is C65H53N. The second-order valence-electron chi connectivity index (χ2n) is 19.8. The van der Waals surface area contributed by atoms with Crippen LogP contribution in [0.15, 0.2) is 224 Å². The van der Waals surface area contributed by atoms with E-state index < -0.39 is 5.41 Å². The molecule has 4 aliphatic rings. The zero-order chi connectivity index (χ0) is 44.0. The van der Waals surface area contributed by atoms with Crippen molar-refractivity contribution in [2.75, 3.05) is 4.90 Å². The first kappa shape index (κ1) is 39.2. The Labute approximate surface area is 390 Å². The summed E-state index contributed by atoms with van der Waals surface area (Å²) in [4.78, 5) is 2.46. The molecule has 1 nitrogen and oxygen atoms in total. The van der Waals surface area contributed by atoms with Crippen LogP contribution in [-0.2, 0) is 16.2 Å². The van der Waals surface area contributed by atoms with E-state index in [1.807, 2.05) is 0 Å². The molecule has 318 valence electrons. The standard InChI is InChI=1S/C65H53N/c1-63(2)57-30-16-12-26-51(57)55-41-39-50(43-61(55)63)66(48-24-10-5-11-25-48)49-37-34-46(35-38-49)65(59-32-18-13-27-52(59)53-28-14-19-33-60(53)65)47-36-40-56-54-29-15-17-31-58(54)64(62(56)42-47,44-20-6-3-7-21-44)45-22-8-4-9-23-45/h3-13,15-18,20-27,29-32,34-43,53,60H,14,19,28,33H2,1-2H3.